The van der Waals surface area contributed by atoms with Crippen molar-refractivity contribution in [2.24, 2.45) is 5.92 Å². The quantitative estimate of drug-likeness (QED) is 0.445. The van der Waals surface area contributed by atoms with E-state index in [1.165, 1.54) is 5.56 Å². The van der Waals surface area contributed by atoms with Crippen LogP contribution < -0.4 is 10.1 Å². The number of para-hydroxylation sites is 1. The number of aryl methyl sites for hydroxylation is 1. The molecule has 2 aromatic carbocycles. The Balaban J connectivity index is 1.17. The van der Waals surface area contributed by atoms with E-state index in [1.807, 2.05) is 66.2 Å². The highest BCUT2D eigenvalue weighted by atomic mass is 16.5. The van der Waals surface area contributed by atoms with Gasteiger partial charge in [-0.25, -0.2) is 4.98 Å². The van der Waals surface area contributed by atoms with Crippen molar-refractivity contribution < 1.29 is 14.3 Å². The first-order valence-electron chi connectivity index (χ1n) is 11.9. The standard InChI is InChI=1S/C28H28N4O3/c1-20-9-14-26-29-24(18-32(26)16-20)19-35-25-12-10-21(11-13-25)28(34)31-15-5-6-22(17-31)27(33)30-23-7-3-2-4-8-23/h2-4,7-14,16,18,22H,5-6,15,17,19H2,1H3,(H,30,33). The molecular weight excluding hydrogens is 440 g/mol. The zero-order chi connectivity index (χ0) is 24.2. The summed E-state index contributed by atoms with van der Waals surface area (Å²) in [5, 5.41) is 2.96. The summed E-state index contributed by atoms with van der Waals surface area (Å²) in [6.45, 7) is 3.46. The number of piperidine rings is 1. The third kappa shape index (κ3) is 5.35. The first kappa shape index (κ1) is 22.7. The number of amides is 2. The van der Waals surface area contributed by atoms with E-state index in [2.05, 4.69) is 10.3 Å². The Morgan fingerprint density at radius 3 is 2.63 bits per heavy atom. The van der Waals surface area contributed by atoms with Crippen molar-refractivity contribution in [2.45, 2.75) is 26.4 Å². The van der Waals surface area contributed by atoms with Gasteiger partial charge >= 0.3 is 0 Å². The molecule has 0 spiro atoms. The fraction of sp³-hybridized carbons (Fsp3) is 0.250. The smallest absolute Gasteiger partial charge is 0.253 e. The Kier molecular flexibility index (Phi) is 6.48. The van der Waals surface area contributed by atoms with E-state index in [-0.39, 0.29) is 17.7 Å². The molecule has 7 heteroatoms. The van der Waals surface area contributed by atoms with E-state index < -0.39 is 0 Å². The molecule has 35 heavy (non-hydrogen) atoms. The van der Waals surface area contributed by atoms with E-state index >= 15 is 0 Å². The highest BCUT2D eigenvalue weighted by molar-refractivity contribution is 5.96. The van der Waals surface area contributed by atoms with Crippen LogP contribution in [-0.4, -0.2) is 39.2 Å². The fourth-order valence-corrected chi connectivity index (χ4v) is 4.40. The predicted octanol–water partition coefficient (Wildman–Crippen LogP) is 4.71. The molecule has 1 fully saturated rings. The number of likely N-dealkylation sites (tertiary alicyclic amines) is 1. The lowest BCUT2D eigenvalue weighted by atomic mass is 9.96. The number of hydrogen-bond donors (Lipinski definition) is 1. The topological polar surface area (TPSA) is 75.9 Å². The zero-order valence-electron chi connectivity index (χ0n) is 19.7. The Hall–Kier alpha value is -4.13. The molecule has 1 unspecified atom stereocenters. The third-order valence-electron chi connectivity index (χ3n) is 6.26. The molecule has 1 aliphatic heterocycles. The van der Waals surface area contributed by atoms with Gasteiger partial charge in [0.1, 0.15) is 18.0 Å². The summed E-state index contributed by atoms with van der Waals surface area (Å²) < 4.78 is 7.87. The summed E-state index contributed by atoms with van der Waals surface area (Å²) in [6.07, 6.45) is 5.57. The Labute approximate surface area is 204 Å². The molecule has 1 aliphatic rings. The summed E-state index contributed by atoms with van der Waals surface area (Å²) in [5.41, 5.74) is 4.25. The zero-order valence-corrected chi connectivity index (χ0v) is 19.7. The van der Waals surface area contributed by atoms with E-state index in [0.29, 0.717) is 31.0 Å². The molecular formula is C28H28N4O3. The van der Waals surface area contributed by atoms with Crippen molar-refractivity contribution >= 4 is 23.1 Å². The van der Waals surface area contributed by atoms with Gasteiger partial charge in [-0.3, -0.25) is 9.59 Å². The minimum absolute atomic E-state index is 0.0421. The number of nitrogens with zero attached hydrogens (tertiary/aromatic N) is 3. The van der Waals surface area contributed by atoms with Crippen LogP contribution >= 0.6 is 0 Å². The maximum absolute atomic E-state index is 13.1. The molecule has 1 atom stereocenters. The molecule has 1 saturated heterocycles. The third-order valence-corrected chi connectivity index (χ3v) is 6.26. The van der Waals surface area contributed by atoms with Gasteiger partial charge in [0.05, 0.1) is 11.6 Å². The molecule has 2 amide bonds. The van der Waals surface area contributed by atoms with Gasteiger partial charge in [-0.05, 0) is 67.8 Å². The lowest BCUT2D eigenvalue weighted by molar-refractivity contribution is -0.121. The molecule has 0 saturated carbocycles. The van der Waals surface area contributed by atoms with E-state index in [9.17, 15) is 9.59 Å². The summed E-state index contributed by atoms with van der Waals surface area (Å²) >= 11 is 0. The van der Waals surface area contributed by atoms with Gasteiger partial charge in [0.2, 0.25) is 5.91 Å². The van der Waals surface area contributed by atoms with Gasteiger partial charge < -0.3 is 19.4 Å². The number of anilines is 1. The lowest BCUT2D eigenvalue weighted by Crippen LogP contribution is -2.43. The van der Waals surface area contributed by atoms with Gasteiger partial charge in [-0.15, -0.1) is 0 Å². The highest BCUT2D eigenvalue weighted by Crippen LogP contribution is 2.22. The molecule has 0 radical (unpaired) electrons. The first-order valence-corrected chi connectivity index (χ1v) is 11.9. The maximum Gasteiger partial charge on any atom is 0.253 e. The van der Waals surface area contributed by atoms with Crippen LogP contribution in [0.3, 0.4) is 0 Å². The molecule has 3 heterocycles. The highest BCUT2D eigenvalue weighted by Gasteiger charge is 2.29. The largest absolute Gasteiger partial charge is 0.487 e. The van der Waals surface area contributed by atoms with Crippen LogP contribution in [0.4, 0.5) is 5.69 Å². The average molecular weight is 469 g/mol. The number of ether oxygens (including phenoxy) is 1. The summed E-state index contributed by atoms with van der Waals surface area (Å²) in [7, 11) is 0. The van der Waals surface area contributed by atoms with Gasteiger partial charge in [0.15, 0.2) is 0 Å². The van der Waals surface area contributed by atoms with Gasteiger partial charge in [-0.1, -0.05) is 24.3 Å². The van der Waals surface area contributed by atoms with Gasteiger partial charge in [-0.2, -0.15) is 0 Å². The molecule has 178 valence electrons. The van der Waals surface area contributed by atoms with Crippen LogP contribution in [0.25, 0.3) is 5.65 Å². The van der Waals surface area contributed by atoms with Crippen LogP contribution in [0.1, 0.15) is 34.5 Å². The van der Waals surface area contributed by atoms with Gasteiger partial charge in [0.25, 0.3) is 5.91 Å². The van der Waals surface area contributed by atoms with Crippen LogP contribution in [0.15, 0.2) is 79.1 Å². The maximum atomic E-state index is 13.1. The van der Waals surface area contributed by atoms with Crippen LogP contribution in [0.5, 0.6) is 5.75 Å². The number of rotatable bonds is 6. The van der Waals surface area contributed by atoms with Crippen LogP contribution in [0, 0.1) is 12.8 Å². The second-order valence-corrected chi connectivity index (χ2v) is 8.96. The first-order chi connectivity index (χ1) is 17.0. The minimum Gasteiger partial charge on any atom is -0.487 e. The average Bonchev–Trinajstić information content (AvgIpc) is 3.30. The summed E-state index contributed by atoms with van der Waals surface area (Å²) in [5.74, 6) is 0.349. The Morgan fingerprint density at radius 1 is 1.03 bits per heavy atom. The number of aromatic nitrogens is 2. The summed E-state index contributed by atoms with van der Waals surface area (Å²) in [6, 6.07) is 20.6. The number of pyridine rings is 1. The monoisotopic (exact) mass is 468 g/mol. The fourth-order valence-electron chi connectivity index (χ4n) is 4.40. The van der Waals surface area contributed by atoms with E-state index in [0.717, 1.165) is 29.9 Å². The number of fused-ring (bicyclic) bond motifs is 1. The Morgan fingerprint density at radius 2 is 1.83 bits per heavy atom. The lowest BCUT2D eigenvalue weighted by Gasteiger charge is -2.32. The van der Waals surface area contributed by atoms with Crippen molar-refractivity contribution in [1.29, 1.82) is 0 Å². The molecule has 0 aliphatic carbocycles. The normalized spacial score (nSPS) is 15.7. The van der Waals surface area contributed by atoms with Crippen LogP contribution in [-0.2, 0) is 11.4 Å². The number of imidazole rings is 1. The number of benzene rings is 2. The second kappa shape index (κ2) is 10.0. The summed E-state index contributed by atoms with van der Waals surface area (Å²) in [4.78, 5) is 32.1. The number of carbonyl (C=O) groups excluding carboxylic acids is 2. The SMILES string of the molecule is Cc1ccc2nc(COc3ccc(C(=O)N4CCCC(C(=O)Nc5ccccc5)C4)cc3)cn2c1. The molecule has 1 N–H and O–H groups in total. The second-order valence-electron chi connectivity index (χ2n) is 8.96. The number of carbonyl (C=O) groups is 2. The number of hydrogen-bond acceptors (Lipinski definition) is 4. The Bertz CT molecular complexity index is 1330. The molecule has 4 aromatic rings. The van der Waals surface area contributed by atoms with E-state index in [4.69, 9.17) is 4.74 Å². The van der Waals surface area contributed by atoms with Crippen molar-refractivity contribution in [2.75, 3.05) is 18.4 Å². The molecule has 5 rings (SSSR count). The van der Waals surface area contributed by atoms with Crippen LogP contribution in [0.2, 0.25) is 0 Å². The number of nitrogens with one attached hydrogen (secondary N) is 1. The van der Waals surface area contributed by atoms with Crippen molar-refractivity contribution in [1.82, 2.24) is 14.3 Å². The van der Waals surface area contributed by atoms with Gasteiger partial charge in [0, 0.05) is 36.7 Å². The minimum atomic E-state index is -0.218. The van der Waals surface area contributed by atoms with Crippen molar-refractivity contribution in [3.8, 4) is 5.75 Å². The molecule has 7 nitrogen and oxygen atoms in total. The predicted molar refractivity (Wildman–Crippen MR) is 134 cm³/mol. The molecule has 0 bridgehead atoms. The van der Waals surface area contributed by atoms with Crippen molar-refractivity contribution in [3.63, 3.8) is 0 Å². The molecule has 2 aromatic heterocycles. The van der Waals surface area contributed by atoms with Crippen molar-refractivity contribution in [3.05, 3.63) is 95.9 Å². The van der Waals surface area contributed by atoms with E-state index in [1.54, 1.807) is 29.2 Å².